The van der Waals surface area contributed by atoms with E-state index in [9.17, 15) is 14.0 Å². The number of hydrogen-bond donors (Lipinski definition) is 0. The van der Waals surface area contributed by atoms with E-state index >= 15 is 0 Å². The van der Waals surface area contributed by atoms with E-state index in [1.165, 1.54) is 29.7 Å². The molecule has 2 aromatic rings. The van der Waals surface area contributed by atoms with E-state index in [1.54, 1.807) is 13.2 Å². The normalized spacial score (nSPS) is 15.4. The van der Waals surface area contributed by atoms with Crippen LogP contribution in [-0.2, 0) is 18.4 Å². The molecule has 0 N–H and O–H groups in total. The van der Waals surface area contributed by atoms with Crippen LogP contribution < -0.4 is 4.74 Å². The van der Waals surface area contributed by atoms with Gasteiger partial charge in [0.15, 0.2) is 0 Å². The summed E-state index contributed by atoms with van der Waals surface area (Å²) in [6.45, 7) is 17.9. The van der Waals surface area contributed by atoms with Gasteiger partial charge < -0.3 is 14.4 Å². The van der Waals surface area contributed by atoms with Gasteiger partial charge in [0.25, 0.3) is 5.92 Å². The van der Waals surface area contributed by atoms with Crippen molar-refractivity contribution in [1.82, 2.24) is 14.7 Å². The number of nitriles is 1. The van der Waals surface area contributed by atoms with Gasteiger partial charge in [-0.1, -0.05) is 63.6 Å². The van der Waals surface area contributed by atoms with Gasteiger partial charge >= 0.3 is 0 Å². The average Bonchev–Trinajstić information content (AvgIpc) is 3.63. The van der Waals surface area contributed by atoms with Crippen LogP contribution in [0.2, 0.25) is 0 Å². The molecule has 0 bridgehead atoms. The third-order valence-electron chi connectivity index (χ3n) is 7.49. The number of alkyl halides is 2. The van der Waals surface area contributed by atoms with Gasteiger partial charge in [0, 0.05) is 44.3 Å². The third kappa shape index (κ3) is 12.3. The number of rotatable bonds is 6. The Hall–Kier alpha value is -3.67. The van der Waals surface area contributed by atoms with Crippen molar-refractivity contribution < 1.29 is 18.3 Å². The molecule has 7 nitrogen and oxygen atoms in total. The molecule has 1 saturated carbocycles. The summed E-state index contributed by atoms with van der Waals surface area (Å²) in [7, 11) is 5.56. The SMILES string of the molecule is CC.CC.CC(F)(F)C1=CCCC1.COc1c(C)c(C2CC2)nn1C.Cc1ccc(COC2=NCN(C)C=C2C(C)(C)C#N)cc1. The minimum Gasteiger partial charge on any atom is -0.481 e. The monoisotopic (exact) mass is 641 g/mol. The number of halogens is 2. The number of ether oxygens (including phenoxy) is 2. The summed E-state index contributed by atoms with van der Waals surface area (Å²) in [5, 5.41) is 13.8. The topological polar surface area (TPSA) is 75.7 Å². The van der Waals surface area contributed by atoms with E-state index in [-0.39, 0.29) is 0 Å². The van der Waals surface area contributed by atoms with Crippen LogP contribution in [0.1, 0.15) is 109 Å². The minimum atomic E-state index is -2.56. The van der Waals surface area contributed by atoms with Crippen molar-refractivity contribution in [2.75, 3.05) is 20.8 Å². The molecule has 1 aliphatic heterocycles. The molecule has 3 aliphatic rings. The zero-order chi connectivity index (χ0) is 35.1. The lowest BCUT2D eigenvalue weighted by molar-refractivity contribution is 0.0609. The summed E-state index contributed by atoms with van der Waals surface area (Å²) < 4.78 is 37.6. The molecule has 1 aromatic carbocycles. The van der Waals surface area contributed by atoms with Crippen molar-refractivity contribution in [3.63, 3.8) is 0 Å². The molecule has 0 amide bonds. The maximum atomic E-state index is 12.4. The first-order valence-corrected chi connectivity index (χ1v) is 16.5. The molecular weight excluding hydrogens is 584 g/mol. The molecule has 0 saturated heterocycles. The molecule has 0 atom stereocenters. The Labute approximate surface area is 277 Å². The van der Waals surface area contributed by atoms with Gasteiger partial charge in [-0.15, -0.1) is 0 Å². The zero-order valence-corrected chi connectivity index (χ0v) is 30.3. The summed E-state index contributed by atoms with van der Waals surface area (Å²) in [6.07, 6.45) is 8.50. The molecule has 9 heteroatoms. The summed E-state index contributed by atoms with van der Waals surface area (Å²) in [4.78, 5) is 6.39. The number of methoxy groups -OCH3 is 1. The van der Waals surface area contributed by atoms with Crippen LogP contribution in [0.5, 0.6) is 5.88 Å². The van der Waals surface area contributed by atoms with Crippen molar-refractivity contribution >= 4 is 5.90 Å². The fourth-order valence-corrected chi connectivity index (χ4v) is 4.76. The number of aryl methyl sites for hydroxylation is 2. The number of aliphatic imine (C=N–C) groups is 1. The van der Waals surface area contributed by atoms with E-state index in [0.29, 0.717) is 37.1 Å². The number of allylic oxidation sites excluding steroid dienone is 2. The van der Waals surface area contributed by atoms with E-state index in [2.05, 4.69) is 42.1 Å². The van der Waals surface area contributed by atoms with Crippen LogP contribution in [0.3, 0.4) is 0 Å². The Balaban J connectivity index is 0.000000357. The maximum Gasteiger partial charge on any atom is 0.266 e. The molecular formula is C37H57F2N5O2. The highest BCUT2D eigenvalue weighted by atomic mass is 19.3. The highest BCUT2D eigenvalue weighted by Crippen LogP contribution is 2.42. The van der Waals surface area contributed by atoms with Gasteiger partial charge in [-0.3, -0.25) is 0 Å². The Morgan fingerprint density at radius 3 is 2.07 bits per heavy atom. The van der Waals surface area contributed by atoms with Gasteiger partial charge in [0.1, 0.15) is 13.3 Å². The quantitative estimate of drug-likeness (QED) is 0.294. The van der Waals surface area contributed by atoms with Gasteiger partial charge in [0.05, 0.1) is 24.3 Å². The summed E-state index contributed by atoms with van der Waals surface area (Å²) in [5.41, 5.74) is 5.28. The zero-order valence-electron chi connectivity index (χ0n) is 30.3. The fourth-order valence-electron chi connectivity index (χ4n) is 4.76. The van der Waals surface area contributed by atoms with Gasteiger partial charge in [-0.2, -0.15) is 10.4 Å². The fraction of sp³-hybridized carbons (Fsp3) is 0.595. The Morgan fingerprint density at radius 2 is 1.63 bits per heavy atom. The van der Waals surface area contributed by atoms with Crippen molar-refractivity contribution in [2.24, 2.45) is 17.5 Å². The Morgan fingerprint density at radius 1 is 1.02 bits per heavy atom. The average molecular weight is 642 g/mol. The van der Waals surface area contributed by atoms with Gasteiger partial charge in [-0.25, -0.2) is 18.5 Å². The first-order chi connectivity index (χ1) is 21.8. The second kappa shape index (κ2) is 19.1. The molecule has 2 aliphatic carbocycles. The van der Waals surface area contributed by atoms with Gasteiger partial charge in [-0.05, 0) is 70.9 Å². The van der Waals surface area contributed by atoms with E-state index in [1.807, 2.05) is 83.6 Å². The lowest BCUT2D eigenvalue weighted by atomic mass is 9.85. The maximum absolute atomic E-state index is 12.4. The van der Waals surface area contributed by atoms with Crippen LogP contribution in [0.4, 0.5) is 8.78 Å². The van der Waals surface area contributed by atoms with Crippen LogP contribution in [0.15, 0.2) is 52.7 Å². The minimum absolute atomic E-state index is 0.322. The first-order valence-electron chi connectivity index (χ1n) is 16.5. The van der Waals surface area contributed by atoms with Crippen molar-refractivity contribution in [3.8, 4) is 11.9 Å². The van der Waals surface area contributed by atoms with Crippen molar-refractivity contribution in [3.05, 3.63) is 70.1 Å². The Bertz CT molecular complexity index is 1340. The molecule has 256 valence electrons. The largest absolute Gasteiger partial charge is 0.481 e. The second-order valence-electron chi connectivity index (χ2n) is 11.8. The van der Waals surface area contributed by atoms with Crippen LogP contribution in [-0.4, -0.2) is 47.3 Å². The smallest absolute Gasteiger partial charge is 0.266 e. The Kier molecular flexibility index (Phi) is 16.8. The van der Waals surface area contributed by atoms with Crippen LogP contribution in [0.25, 0.3) is 0 Å². The molecule has 46 heavy (non-hydrogen) atoms. The molecule has 0 spiro atoms. The lowest BCUT2D eigenvalue weighted by Gasteiger charge is -2.28. The third-order valence-corrected chi connectivity index (χ3v) is 7.49. The second-order valence-corrected chi connectivity index (χ2v) is 11.8. The van der Waals surface area contributed by atoms with Crippen molar-refractivity contribution in [2.45, 2.75) is 113 Å². The number of aromatic nitrogens is 2. The number of hydrogen-bond acceptors (Lipinski definition) is 6. The summed E-state index contributed by atoms with van der Waals surface area (Å²) >= 11 is 0. The predicted octanol–water partition coefficient (Wildman–Crippen LogP) is 9.67. The van der Waals surface area contributed by atoms with Crippen LogP contribution in [0, 0.1) is 30.6 Å². The van der Waals surface area contributed by atoms with E-state index in [4.69, 9.17) is 9.47 Å². The summed E-state index contributed by atoms with van der Waals surface area (Å²) in [6, 6.07) is 10.5. The standard InChI is InChI=1S/C17H21N3O.C9H14N2O.C7H10F2.2C2H6/c1-13-5-7-14(8-6-13)10-21-16-15(17(2,3)11-18)9-20(4)12-19-16;1-6-8(7-4-5-7)10-11(2)9(6)12-3;1-7(8,9)6-4-2-3-5-6;2*1-2/h5-9H,10,12H2,1-4H3;7H,4-5H2,1-3H3;4H,2-3,5H2,1H3;2*1-2H3. The predicted molar refractivity (Wildman–Crippen MR) is 185 cm³/mol. The molecule has 1 aromatic heterocycles. The van der Waals surface area contributed by atoms with Gasteiger partial charge in [0.2, 0.25) is 11.8 Å². The highest BCUT2D eigenvalue weighted by Gasteiger charge is 2.31. The molecule has 5 rings (SSSR count). The van der Waals surface area contributed by atoms with E-state index < -0.39 is 11.3 Å². The highest BCUT2D eigenvalue weighted by molar-refractivity contribution is 5.95. The van der Waals surface area contributed by atoms with Crippen molar-refractivity contribution in [1.29, 1.82) is 5.26 Å². The first kappa shape index (κ1) is 40.4. The molecule has 2 heterocycles. The molecule has 0 unspecified atom stereocenters. The molecule has 1 fully saturated rings. The number of benzene rings is 1. The number of nitrogens with zero attached hydrogens (tertiary/aromatic N) is 5. The van der Waals surface area contributed by atoms with Crippen LogP contribution >= 0.6 is 0 Å². The van der Waals surface area contributed by atoms with E-state index in [0.717, 1.165) is 36.8 Å². The summed E-state index contributed by atoms with van der Waals surface area (Å²) in [5.74, 6) is -0.381. The lowest BCUT2D eigenvalue weighted by Crippen LogP contribution is -2.30. The molecule has 0 radical (unpaired) electrons.